The molecule has 0 aromatic heterocycles. The summed E-state index contributed by atoms with van der Waals surface area (Å²) in [4.78, 5) is 16.8. The van der Waals surface area contributed by atoms with Gasteiger partial charge in [-0.1, -0.05) is 23.8 Å². The van der Waals surface area contributed by atoms with Crippen LogP contribution in [0.1, 0.15) is 16.7 Å². The molecule has 0 bridgehead atoms. The number of hydrogen-bond acceptors (Lipinski definition) is 3. The fourth-order valence-electron chi connectivity index (χ4n) is 3.71. The average Bonchev–Trinajstić information content (AvgIpc) is 2.61. The van der Waals surface area contributed by atoms with Crippen LogP contribution in [0, 0.1) is 20.8 Å². The summed E-state index contributed by atoms with van der Waals surface area (Å²) in [7, 11) is 1.62. The summed E-state index contributed by atoms with van der Waals surface area (Å²) in [5, 5.41) is 2.96. The number of nitrogens with one attached hydrogen (secondary N) is 1. The van der Waals surface area contributed by atoms with Gasteiger partial charge in [0, 0.05) is 43.6 Å². The maximum absolute atomic E-state index is 12.5. The van der Waals surface area contributed by atoms with Gasteiger partial charge in [0.1, 0.15) is 5.75 Å². The number of piperazine rings is 1. The molecular formula is C21H27N3O2. The van der Waals surface area contributed by atoms with Crippen LogP contribution in [-0.4, -0.2) is 44.2 Å². The molecule has 1 heterocycles. The van der Waals surface area contributed by atoms with Crippen molar-refractivity contribution in [1.29, 1.82) is 0 Å². The first kappa shape index (κ1) is 18.1. The van der Waals surface area contributed by atoms with Crippen LogP contribution in [0.2, 0.25) is 0 Å². The van der Waals surface area contributed by atoms with E-state index in [1.807, 2.05) is 29.2 Å². The number of carbonyl (C=O) groups excluding carboxylic acids is 1. The van der Waals surface area contributed by atoms with E-state index in [-0.39, 0.29) is 6.03 Å². The van der Waals surface area contributed by atoms with E-state index in [0.29, 0.717) is 13.1 Å². The first-order valence-corrected chi connectivity index (χ1v) is 9.00. The van der Waals surface area contributed by atoms with Crippen LogP contribution in [0.4, 0.5) is 16.2 Å². The van der Waals surface area contributed by atoms with Crippen molar-refractivity contribution in [3.05, 3.63) is 53.1 Å². The molecule has 5 nitrogen and oxygen atoms in total. The van der Waals surface area contributed by atoms with Gasteiger partial charge >= 0.3 is 6.03 Å². The molecule has 0 radical (unpaired) electrons. The van der Waals surface area contributed by atoms with Gasteiger partial charge in [-0.15, -0.1) is 0 Å². The lowest BCUT2D eigenvalue weighted by atomic mass is 10.0. The summed E-state index contributed by atoms with van der Waals surface area (Å²) in [6.45, 7) is 9.57. The van der Waals surface area contributed by atoms with Crippen molar-refractivity contribution in [3.63, 3.8) is 0 Å². The molecule has 0 spiro atoms. The highest BCUT2D eigenvalue weighted by atomic mass is 16.5. The molecule has 26 heavy (non-hydrogen) atoms. The van der Waals surface area contributed by atoms with Gasteiger partial charge in [0.2, 0.25) is 0 Å². The molecule has 5 heteroatoms. The largest absolute Gasteiger partial charge is 0.497 e. The number of aryl methyl sites for hydroxylation is 3. The van der Waals surface area contributed by atoms with E-state index < -0.39 is 0 Å². The SMILES string of the molecule is COc1cccc(NC(=O)N2CCN(c3c(C)cc(C)cc3C)CC2)c1. The maximum Gasteiger partial charge on any atom is 0.321 e. The van der Waals surface area contributed by atoms with Crippen molar-refractivity contribution in [1.82, 2.24) is 4.90 Å². The zero-order valence-corrected chi connectivity index (χ0v) is 16.0. The van der Waals surface area contributed by atoms with Crippen molar-refractivity contribution >= 4 is 17.4 Å². The molecule has 0 unspecified atom stereocenters. The molecule has 1 aliphatic rings. The van der Waals surface area contributed by atoms with Gasteiger partial charge in [-0.2, -0.15) is 0 Å². The lowest BCUT2D eigenvalue weighted by molar-refractivity contribution is 0.208. The predicted octanol–water partition coefficient (Wildman–Crippen LogP) is 3.97. The van der Waals surface area contributed by atoms with Crippen LogP contribution in [0.5, 0.6) is 5.75 Å². The minimum atomic E-state index is -0.0600. The quantitative estimate of drug-likeness (QED) is 0.908. The fourth-order valence-corrected chi connectivity index (χ4v) is 3.71. The van der Waals surface area contributed by atoms with E-state index in [9.17, 15) is 4.79 Å². The normalized spacial score (nSPS) is 14.3. The standard InChI is InChI=1S/C21H27N3O2/c1-15-12-16(2)20(17(3)13-15)23-8-10-24(11-9-23)21(25)22-18-6-5-7-19(14-18)26-4/h5-7,12-14H,8-11H2,1-4H3,(H,22,25). The summed E-state index contributed by atoms with van der Waals surface area (Å²) >= 11 is 0. The Morgan fingerprint density at radius 2 is 1.65 bits per heavy atom. The molecule has 0 saturated carbocycles. The predicted molar refractivity (Wildman–Crippen MR) is 106 cm³/mol. The van der Waals surface area contributed by atoms with Crippen molar-refractivity contribution < 1.29 is 9.53 Å². The van der Waals surface area contributed by atoms with Gasteiger partial charge in [-0.05, 0) is 44.0 Å². The topological polar surface area (TPSA) is 44.8 Å². The molecule has 2 amide bonds. The van der Waals surface area contributed by atoms with Crippen LogP contribution in [0.25, 0.3) is 0 Å². The van der Waals surface area contributed by atoms with Crippen LogP contribution in [0.3, 0.4) is 0 Å². The number of benzene rings is 2. The maximum atomic E-state index is 12.5. The summed E-state index contributed by atoms with van der Waals surface area (Å²) in [5.74, 6) is 0.734. The Balaban J connectivity index is 1.62. The number of ether oxygens (including phenoxy) is 1. The van der Waals surface area contributed by atoms with Crippen molar-refractivity contribution in [2.75, 3.05) is 43.5 Å². The Morgan fingerprint density at radius 3 is 2.27 bits per heavy atom. The summed E-state index contributed by atoms with van der Waals surface area (Å²) in [6, 6.07) is 11.8. The van der Waals surface area contributed by atoms with Gasteiger partial charge in [-0.3, -0.25) is 0 Å². The minimum absolute atomic E-state index is 0.0600. The number of rotatable bonds is 3. The highest BCUT2D eigenvalue weighted by Crippen LogP contribution is 2.27. The number of nitrogens with zero attached hydrogens (tertiary/aromatic N) is 2. The Bertz CT molecular complexity index is 773. The number of methoxy groups -OCH3 is 1. The molecule has 3 rings (SSSR count). The van der Waals surface area contributed by atoms with E-state index in [2.05, 4.69) is 43.1 Å². The molecular weight excluding hydrogens is 326 g/mol. The smallest absolute Gasteiger partial charge is 0.321 e. The number of hydrogen-bond donors (Lipinski definition) is 1. The third kappa shape index (κ3) is 3.93. The number of carbonyl (C=O) groups is 1. The first-order chi connectivity index (χ1) is 12.5. The first-order valence-electron chi connectivity index (χ1n) is 9.00. The molecule has 1 N–H and O–H groups in total. The zero-order chi connectivity index (χ0) is 18.7. The zero-order valence-electron chi connectivity index (χ0n) is 16.0. The van der Waals surface area contributed by atoms with Gasteiger partial charge in [0.25, 0.3) is 0 Å². The van der Waals surface area contributed by atoms with Crippen LogP contribution >= 0.6 is 0 Å². The molecule has 138 valence electrons. The molecule has 0 aliphatic carbocycles. The second-order valence-electron chi connectivity index (χ2n) is 6.88. The van der Waals surface area contributed by atoms with E-state index in [1.54, 1.807) is 7.11 Å². The van der Waals surface area contributed by atoms with Gasteiger partial charge in [0.15, 0.2) is 0 Å². The number of amides is 2. The second-order valence-corrected chi connectivity index (χ2v) is 6.88. The Hall–Kier alpha value is -2.69. The Kier molecular flexibility index (Phi) is 5.35. The molecule has 0 atom stereocenters. The summed E-state index contributed by atoms with van der Waals surface area (Å²) in [5.41, 5.74) is 5.96. The Labute approximate surface area is 155 Å². The number of urea groups is 1. The lowest BCUT2D eigenvalue weighted by Gasteiger charge is -2.37. The Morgan fingerprint density at radius 1 is 1.00 bits per heavy atom. The van der Waals surface area contributed by atoms with Crippen LogP contribution in [0.15, 0.2) is 36.4 Å². The summed E-state index contributed by atoms with van der Waals surface area (Å²) < 4.78 is 5.20. The second kappa shape index (κ2) is 7.68. The molecule has 2 aromatic rings. The van der Waals surface area contributed by atoms with E-state index in [4.69, 9.17) is 4.74 Å². The molecule has 1 saturated heterocycles. The highest BCUT2D eigenvalue weighted by molar-refractivity contribution is 5.89. The third-order valence-corrected chi connectivity index (χ3v) is 4.84. The molecule has 2 aromatic carbocycles. The monoisotopic (exact) mass is 353 g/mol. The highest BCUT2D eigenvalue weighted by Gasteiger charge is 2.23. The van der Waals surface area contributed by atoms with Crippen LogP contribution < -0.4 is 15.0 Å². The fraction of sp³-hybridized carbons (Fsp3) is 0.381. The van der Waals surface area contributed by atoms with E-state index in [1.165, 1.54) is 22.4 Å². The molecule has 1 aliphatic heterocycles. The van der Waals surface area contributed by atoms with Crippen LogP contribution in [-0.2, 0) is 0 Å². The summed E-state index contributed by atoms with van der Waals surface area (Å²) in [6.07, 6.45) is 0. The van der Waals surface area contributed by atoms with Crippen molar-refractivity contribution in [2.24, 2.45) is 0 Å². The van der Waals surface area contributed by atoms with Crippen molar-refractivity contribution in [3.8, 4) is 5.75 Å². The number of anilines is 2. The third-order valence-electron chi connectivity index (χ3n) is 4.84. The minimum Gasteiger partial charge on any atom is -0.497 e. The van der Waals surface area contributed by atoms with Gasteiger partial charge in [0.05, 0.1) is 7.11 Å². The van der Waals surface area contributed by atoms with Gasteiger partial charge in [-0.25, -0.2) is 4.79 Å². The van der Waals surface area contributed by atoms with E-state index in [0.717, 1.165) is 24.5 Å². The lowest BCUT2D eigenvalue weighted by Crippen LogP contribution is -2.50. The average molecular weight is 353 g/mol. The van der Waals surface area contributed by atoms with E-state index >= 15 is 0 Å². The van der Waals surface area contributed by atoms with Crippen molar-refractivity contribution in [2.45, 2.75) is 20.8 Å². The molecule has 1 fully saturated rings. The van der Waals surface area contributed by atoms with Gasteiger partial charge < -0.3 is 19.9 Å².